The Bertz CT molecular complexity index is 618. The van der Waals surface area contributed by atoms with Gasteiger partial charge in [-0.2, -0.15) is 0 Å². The molecule has 1 saturated heterocycles. The normalized spacial score (nSPS) is 19.5. The minimum atomic E-state index is 0.536. The van der Waals surface area contributed by atoms with Crippen LogP contribution in [0.1, 0.15) is 130 Å². The van der Waals surface area contributed by atoms with E-state index in [0.717, 1.165) is 0 Å². The molecule has 1 atom stereocenters. The summed E-state index contributed by atoms with van der Waals surface area (Å²) in [4.78, 5) is 2.68. The van der Waals surface area contributed by atoms with Crippen molar-refractivity contribution in [1.29, 1.82) is 0 Å². The summed E-state index contributed by atoms with van der Waals surface area (Å²) in [5.41, 5.74) is 6.22. The van der Waals surface area contributed by atoms with Crippen molar-refractivity contribution in [2.45, 2.75) is 136 Å². The molecule has 1 nitrogen and oxygen atoms in total. The highest BCUT2D eigenvalue weighted by Crippen LogP contribution is 2.39. The van der Waals surface area contributed by atoms with Crippen LogP contribution in [-0.4, -0.2) is 17.5 Å². The Hall–Kier alpha value is -1.24. The van der Waals surface area contributed by atoms with E-state index in [2.05, 4.69) is 56.9 Å². The first-order chi connectivity index (χ1) is 15.2. The van der Waals surface area contributed by atoms with Crippen molar-refractivity contribution in [3.8, 4) is 0 Å². The molecule has 0 aromatic heterocycles. The molecular weight excluding hydrogens is 374 g/mol. The molecule has 0 amide bonds. The van der Waals surface area contributed by atoms with Crippen molar-refractivity contribution in [2.24, 2.45) is 0 Å². The van der Waals surface area contributed by atoms with Gasteiger partial charge in [0.25, 0.3) is 0 Å². The van der Waals surface area contributed by atoms with E-state index in [0.29, 0.717) is 6.04 Å². The topological polar surface area (TPSA) is 3.24 Å². The third-order valence-corrected chi connectivity index (χ3v) is 7.26. The number of hydrogen-bond donors (Lipinski definition) is 0. The van der Waals surface area contributed by atoms with Crippen molar-refractivity contribution in [2.75, 3.05) is 6.54 Å². The van der Waals surface area contributed by atoms with Gasteiger partial charge < -0.3 is 4.90 Å². The first-order valence-corrected chi connectivity index (χ1v) is 13.7. The maximum absolute atomic E-state index is 2.68. The van der Waals surface area contributed by atoms with Gasteiger partial charge in [-0.3, -0.25) is 0 Å². The third kappa shape index (κ3) is 8.66. The fraction of sp³-hybridized carbons (Fsp3) is 0.733. The van der Waals surface area contributed by atoms with E-state index in [1.807, 2.05) is 0 Å². The molecule has 1 unspecified atom stereocenters. The number of unbranched alkanes of at least 4 members (excludes halogenated alkanes) is 12. The minimum Gasteiger partial charge on any atom is -0.368 e. The summed E-state index contributed by atoms with van der Waals surface area (Å²) in [5, 5.41) is 0. The fourth-order valence-electron chi connectivity index (χ4n) is 5.25. The highest BCUT2D eigenvalue weighted by Gasteiger charge is 2.31. The zero-order valence-electron chi connectivity index (χ0n) is 21.4. The SMILES string of the molecule is CCCCCCCCC=CC1=C2CCCN2C(C)C(C=CCCCCCCCC)=C1C. The van der Waals surface area contributed by atoms with Crippen LogP contribution in [0.25, 0.3) is 0 Å². The van der Waals surface area contributed by atoms with Gasteiger partial charge in [0.1, 0.15) is 0 Å². The highest BCUT2D eigenvalue weighted by molar-refractivity contribution is 5.53. The van der Waals surface area contributed by atoms with Crippen LogP contribution in [0.5, 0.6) is 0 Å². The summed E-state index contributed by atoms with van der Waals surface area (Å²) in [5.74, 6) is 0. The van der Waals surface area contributed by atoms with Crippen LogP contribution in [-0.2, 0) is 0 Å². The number of nitrogens with zero attached hydrogens (tertiary/aromatic N) is 1. The second-order valence-electron chi connectivity index (χ2n) is 9.83. The van der Waals surface area contributed by atoms with E-state index in [1.54, 1.807) is 11.3 Å². The summed E-state index contributed by atoms with van der Waals surface area (Å²) < 4.78 is 0. The van der Waals surface area contributed by atoms with Gasteiger partial charge in [-0.05, 0) is 69.1 Å². The van der Waals surface area contributed by atoms with Crippen LogP contribution in [0.4, 0.5) is 0 Å². The highest BCUT2D eigenvalue weighted by atomic mass is 15.2. The molecule has 176 valence electrons. The van der Waals surface area contributed by atoms with Crippen molar-refractivity contribution >= 4 is 0 Å². The molecule has 1 heteroatoms. The van der Waals surface area contributed by atoms with Crippen LogP contribution >= 0.6 is 0 Å². The molecule has 2 aliphatic rings. The standard InChI is InChI=1S/C30H51N/c1-5-7-9-11-13-15-17-19-22-28-26(3)29(30-24-21-25-31(30)27(28)4)23-20-18-16-14-12-10-8-6-2/h19-20,22-23,27H,5-18,21,24-25H2,1-4H3. The Balaban J connectivity index is 1.90. The molecule has 1 fully saturated rings. The molecule has 0 radical (unpaired) electrons. The smallest absolute Gasteiger partial charge is 0.0514 e. The predicted molar refractivity (Wildman–Crippen MR) is 139 cm³/mol. The number of fused-ring (bicyclic) bond motifs is 1. The molecule has 0 aromatic rings. The van der Waals surface area contributed by atoms with Crippen LogP contribution in [0, 0.1) is 0 Å². The molecule has 2 heterocycles. The van der Waals surface area contributed by atoms with E-state index >= 15 is 0 Å². The van der Waals surface area contributed by atoms with Gasteiger partial charge in [0.2, 0.25) is 0 Å². The lowest BCUT2D eigenvalue weighted by molar-refractivity contribution is 0.332. The van der Waals surface area contributed by atoms with Crippen LogP contribution in [0.2, 0.25) is 0 Å². The Morgan fingerprint density at radius 2 is 1.32 bits per heavy atom. The second-order valence-corrected chi connectivity index (χ2v) is 9.83. The zero-order chi connectivity index (χ0) is 22.3. The monoisotopic (exact) mass is 425 g/mol. The van der Waals surface area contributed by atoms with Crippen LogP contribution in [0.3, 0.4) is 0 Å². The first-order valence-electron chi connectivity index (χ1n) is 13.7. The molecule has 0 bridgehead atoms. The van der Waals surface area contributed by atoms with Gasteiger partial charge in [0, 0.05) is 12.2 Å². The molecule has 0 aliphatic carbocycles. The lowest BCUT2D eigenvalue weighted by atomic mass is 9.89. The average molecular weight is 426 g/mol. The van der Waals surface area contributed by atoms with Crippen molar-refractivity contribution in [3.63, 3.8) is 0 Å². The van der Waals surface area contributed by atoms with Gasteiger partial charge in [0.15, 0.2) is 0 Å². The van der Waals surface area contributed by atoms with E-state index in [4.69, 9.17) is 0 Å². The number of allylic oxidation sites excluding steroid dienone is 6. The molecule has 0 saturated carbocycles. The van der Waals surface area contributed by atoms with Gasteiger partial charge in [-0.15, -0.1) is 0 Å². The summed E-state index contributed by atoms with van der Waals surface area (Å²) in [7, 11) is 0. The molecule has 31 heavy (non-hydrogen) atoms. The molecule has 2 aliphatic heterocycles. The number of hydrogen-bond acceptors (Lipinski definition) is 1. The van der Waals surface area contributed by atoms with Crippen LogP contribution in [0.15, 0.2) is 46.7 Å². The largest absolute Gasteiger partial charge is 0.368 e. The lowest BCUT2D eigenvalue weighted by Gasteiger charge is -2.36. The Labute approximate surface area is 194 Å². The maximum Gasteiger partial charge on any atom is 0.0514 e. The van der Waals surface area contributed by atoms with Gasteiger partial charge in [-0.25, -0.2) is 0 Å². The average Bonchev–Trinajstić information content (AvgIpc) is 3.26. The molecule has 0 aromatic carbocycles. The second kappa shape index (κ2) is 15.5. The molecule has 2 rings (SSSR count). The van der Waals surface area contributed by atoms with Gasteiger partial charge in [0.05, 0.1) is 6.04 Å². The van der Waals surface area contributed by atoms with Crippen molar-refractivity contribution in [3.05, 3.63) is 46.7 Å². The molecule has 0 spiro atoms. The van der Waals surface area contributed by atoms with Crippen LogP contribution < -0.4 is 0 Å². The van der Waals surface area contributed by atoms with E-state index in [-0.39, 0.29) is 0 Å². The lowest BCUT2D eigenvalue weighted by Crippen LogP contribution is -2.34. The Morgan fingerprint density at radius 1 is 0.774 bits per heavy atom. The molecule has 0 N–H and O–H groups in total. The third-order valence-electron chi connectivity index (χ3n) is 7.26. The summed E-state index contributed by atoms with van der Waals surface area (Å²) in [6.45, 7) is 10.6. The first kappa shape index (κ1) is 26.0. The van der Waals surface area contributed by atoms with Crippen molar-refractivity contribution in [1.82, 2.24) is 4.90 Å². The van der Waals surface area contributed by atoms with Gasteiger partial charge in [-0.1, -0.05) is 102 Å². The molecular formula is C30H51N. The predicted octanol–water partition coefficient (Wildman–Crippen LogP) is 9.67. The van der Waals surface area contributed by atoms with E-state index in [9.17, 15) is 0 Å². The van der Waals surface area contributed by atoms with Crippen molar-refractivity contribution < 1.29 is 0 Å². The summed E-state index contributed by atoms with van der Waals surface area (Å²) >= 11 is 0. The Kier molecular flexibility index (Phi) is 13.0. The zero-order valence-corrected chi connectivity index (χ0v) is 21.4. The van der Waals surface area contributed by atoms with Gasteiger partial charge >= 0.3 is 0 Å². The number of rotatable bonds is 16. The summed E-state index contributed by atoms with van der Waals surface area (Å²) in [6.07, 6.45) is 31.5. The van der Waals surface area contributed by atoms with E-state index < -0.39 is 0 Å². The quantitative estimate of drug-likeness (QED) is 0.222. The maximum atomic E-state index is 2.68. The summed E-state index contributed by atoms with van der Waals surface area (Å²) in [6, 6.07) is 0.536. The van der Waals surface area contributed by atoms with E-state index in [1.165, 1.54) is 120 Å². The minimum absolute atomic E-state index is 0.536. The fourth-order valence-corrected chi connectivity index (χ4v) is 5.25. The Morgan fingerprint density at radius 3 is 1.94 bits per heavy atom.